The highest BCUT2D eigenvalue weighted by Gasteiger charge is 2.43. The predicted molar refractivity (Wildman–Crippen MR) is 79.2 cm³/mol. The first-order valence-electron chi connectivity index (χ1n) is 6.59. The summed E-state index contributed by atoms with van der Waals surface area (Å²) in [7, 11) is 2.41. The Bertz CT molecular complexity index is 680. The predicted octanol–water partition coefficient (Wildman–Crippen LogP) is 1.88. The highest BCUT2D eigenvalue weighted by molar-refractivity contribution is 5.95. The van der Waals surface area contributed by atoms with Crippen LogP contribution < -0.4 is 0 Å². The second kappa shape index (κ2) is 6.41. The van der Waals surface area contributed by atoms with Gasteiger partial charge in [-0.15, -0.1) is 0 Å². The maximum atomic E-state index is 12.3. The summed E-state index contributed by atoms with van der Waals surface area (Å²) in [5.41, 5.74) is -1.58. The van der Waals surface area contributed by atoms with E-state index >= 15 is 0 Å². The zero-order valence-corrected chi connectivity index (χ0v) is 12.3. The maximum Gasteiger partial charge on any atom is 0.347 e. The first kappa shape index (κ1) is 15.7. The molecule has 0 saturated heterocycles. The maximum absolute atomic E-state index is 12.3. The molecule has 0 aliphatic carbocycles. The van der Waals surface area contributed by atoms with Crippen LogP contribution >= 0.6 is 0 Å². The topological polar surface area (TPSA) is 72.8 Å². The molecular weight excluding hydrogens is 284 g/mol. The number of carbonyl (C=O) groups is 2. The van der Waals surface area contributed by atoms with E-state index in [9.17, 15) is 14.7 Å². The molecule has 0 aromatic heterocycles. The summed E-state index contributed by atoms with van der Waals surface area (Å²) in [6.07, 6.45) is 0. The molecule has 0 aliphatic rings. The molecule has 0 radical (unpaired) electrons. The van der Waals surface area contributed by atoms with Gasteiger partial charge >= 0.3 is 11.9 Å². The third kappa shape index (κ3) is 2.58. The van der Waals surface area contributed by atoms with Crippen molar-refractivity contribution in [1.29, 1.82) is 0 Å². The molecule has 0 saturated carbocycles. The minimum Gasteiger partial charge on any atom is -0.466 e. The van der Waals surface area contributed by atoms with Gasteiger partial charge < -0.3 is 14.6 Å². The molecule has 1 atom stereocenters. The second-order valence-corrected chi connectivity index (χ2v) is 4.61. The monoisotopic (exact) mass is 300 g/mol. The van der Waals surface area contributed by atoms with Gasteiger partial charge in [0.1, 0.15) is 0 Å². The van der Waals surface area contributed by atoms with Crippen molar-refractivity contribution in [2.24, 2.45) is 0 Å². The van der Waals surface area contributed by atoms with Crippen LogP contribution in [0.15, 0.2) is 54.6 Å². The Kier molecular flexibility index (Phi) is 4.58. The van der Waals surface area contributed by atoms with Gasteiger partial charge in [0.2, 0.25) is 5.60 Å². The lowest BCUT2D eigenvalue weighted by atomic mass is 9.83. The smallest absolute Gasteiger partial charge is 0.347 e. The Hall–Kier alpha value is -2.66. The van der Waals surface area contributed by atoms with Crippen LogP contribution in [0.3, 0.4) is 0 Å². The van der Waals surface area contributed by atoms with Crippen molar-refractivity contribution in [2.75, 3.05) is 14.2 Å². The van der Waals surface area contributed by atoms with Gasteiger partial charge in [-0.3, -0.25) is 0 Å². The van der Waals surface area contributed by atoms with Crippen molar-refractivity contribution in [1.82, 2.24) is 0 Å². The van der Waals surface area contributed by atoms with Crippen LogP contribution in [0.5, 0.6) is 0 Å². The number of carbonyl (C=O) groups excluding carboxylic acids is 2. The molecule has 5 heteroatoms. The van der Waals surface area contributed by atoms with E-state index < -0.39 is 17.5 Å². The van der Waals surface area contributed by atoms with Crippen LogP contribution in [0.25, 0.3) is 0 Å². The van der Waals surface area contributed by atoms with Gasteiger partial charge in [-0.1, -0.05) is 48.5 Å². The Morgan fingerprint density at radius 3 is 2.09 bits per heavy atom. The minimum absolute atomic E-state index is 0.0988. The number of methoxy groups -OCH3 is 2. The molecule has 2 aromatic carbocycles. The van der Waals surface area contributed by atoms with Crippen LogP contribution in [0.2, 0.25) is 0 Å². The highest BCUT2D eigenvalue weighted by Crippen LogP contribution is 2.33. The van der Waals surface area contributed by atoms with E-state index in [0.29, 0.717) is 5.56 Å². The molecule has 114 valence electrons. The van der Waals surface area contributed by atoms with Crippen molar-refractivity contribution >= 4 is 11.9 Å². The molecule has 0 aliphatic heterocycles. The van der Waals surface area contributed by atoms with Gasteiger partial charge in [0.05, 0.1) is 19.8 Å². The average Bonchev–Trinajstić information content (AvgIpc) is 2.60. The van der Waals surface area contributed by atoms with Gasteiger partial charge in [-0.25, -0.2) is 9.59 Å². The van der Waals surface area contributed by atoms with E-state index in [2.05, 4.69) is 0 Å². The van der Waals surface area contributed by atoms with Crippen molar-refractivity contribution in [3.05, 3.63) is 71.3 Å². The van der Waals surface area contributed by atoms with E-state index in [-0.39, 0.29) is 11.1 Å². The van der Waals surface area contributed by atoms with E-state index in [4.69, 9.17) is 9.47 Å². The van der Waals surface area contributed by atoms with Crippen molar-refractivity contribution in [3.8, 4) is 0 Å². The average molecular weight is 300 g/mol. The number of ether oxygens (including phenoxy) is 2. The third-order valence-electron chi connectivity index (χ3n) is 3.39. The lowest BCUT2D eigenvalue weighted by molar-refractivity contribution is -0.158. The quantitative estimate of drug-likeness (QED) is 0.873. The fraction of sp³-hybridized carbons (Fsp3) is 0.176. The highest BCUT2D eigenvalue weighted by atomic mass is 16.5. The summed E-state index contributed by atoms with van der Waals surface area (Å²) in [4.78, 5) is 24.2. The number of benzene rings is 2. The summed E-state index contributed by atoms with van der Waals surface area (Å²) in [6.45, 7) is 0. The van der Waals surface area contributed by atoms with E-state index in [1.54, 1.807) is 42.5 Å². The zero-order chi connectivity index (χ0) is 16.2. The largest absolute Gasteiger partial charge is 0.466 e. The number of hydrogen-bond donors (Lipinski definition) is 1. The van der Waals surface area contributed by atoms with E-state index in [1.807, 2.05) is 0 Å². The number of hydrogen-bond acceptors (Lipinski definition) is 5. The van der Waals surface area contributed by atoms with Crippen LogP contribution in [-0.2, 0) is 19.9 Å². The standard InChI is InChI=1S/C17H16O5/c1-21-15(18)13-10-6-7-11-14(13)17(20,16(19)22-2)12-8-4-3-5-9-12/h3-11,20H,1-2H3. The molecule has 0 amide bonds. The molecule has 2 rings (SSSR count). The fourth-order valence-corrected chi connectivity index (χ4v) is 2.30. The first-order chi connectivity index (χ1) is 10.6. The summed E-state index contributed by atoms with van der Waals surface area (Å²) in [6, 6.07) is 14.5. The molecule has 0 fully saturated rings. The van der Waals surface area contributed by atoms with E-state index in [1.165, 1.54) is 26.4 Å². The molecule has 5 nitrogen and oxygen atoms in total. The second-order valence-electron chi connectivity index (χ2n) is 4.61. The number of aliphatic hydroxyl groups is 1. The van der Waals surface area contributed by atoms with Gasteiger partial charge in [-0.2, -0.15) is 0 Å². The Morgan fingerprint density at radius 1 is 0.909 bits per heavy atom. The fourth-order valence-electron chi connectivity index (χ4n) is 2.30. The van der Waals surface area contributed by atoms with Crippen LogP contribution in [0.1, 0.15) is 21.5 Å². The minimum atomic E-state index is -2.10. The van der Waals surface area contributed by atoms with Gasteiger partial charge in [0.25, 0.3) is 0 Å². The lowest BCUT2D eigenvalue weighted by Crippen LogP contribution is -2.39. The van der Waals surface area contributed by atoms with E-state index in [0.717, 1.165) is 0 Å². The number of esters is 2. The van der Waals surface area contributed by atoms with Crippen LogP contribution in [-0.4, -0.2) is 31.3 Å². The van der Waals surface area contributed by atoms with Crippen molar-refractivity contribution in [2.45, 2.75) is 5.60 Å². The van der Waals surface area contributed by atoms with Crippen molar-refractivity contribution in [3.63, 3.8) is 0 Å². The molecule has 22 heavy (non-hydrogen) atoms. The van der Waals surface area contributed by atoms with Crippen LogP contribution in [0, 0.1) is 0 Å². The molecule has 2 aromatic rings. The summed E-state index contributed by atoms with van der Waals surface area (Å²) in [5, 5.41) is 11.1. The summed E-state index contributed by atoms with van der Waals surface area (Å²) in [5.74, 6) is -1.52. The Morgan fingerprint density at radius 2 is 1.50 bits per heavy atom. The Labute approximate surface area is 128 Å². The SMILES string of the molecule is COC(=O)c1ccccc1C(O)(C(=O)OC)c1ccccc1. The molecule has 0 bridgehead atoms. The van der Waals surface area contributed by atoms with Crippen LogP contribution in [0.4, 0.5) is 0 Å². The molecule has 1 N–H and O–H groups in total. The lowest BCUT2D eigenvalue weighted by Gasteiger charge is -2.27. The molecular formula is C17H16O5. The zero-order valence-electron chi connectivity index (χ0n) is 12.3. The molecule has 1 unspecified atom stereocenters. The summed E-state index contributed by atoms with van der Waals surface area (Å²) >= 11 is 0. The third-order valence-corrected chi connectivity index (χ3v) is 3.39. The Balaban J connectivity index is 2.72. The molecule has 0 spiro atoms. The van der Waals surface area contributed by atoms with Gasteiger partial charge in [0.15, 0.2) is 0 Å². The summed E-state index contributed by atoms with van der Waals surface area (Å²) < 4.78 is 9.47. The van der Waals surface area contributed by atoms with Crippen molar-refractivity contribution < 1.29 is 24.2 Å². The normalized spacial score (nSPS) is 13.0. The first-order valence-corrected chi connectivity index (χ1v) is 6.59. The van der Waals surface area contributed by atoms with Gasteiger partial charge in [0, 0.05) is 5.56 Å². The van der Waals surface area contributed by atoms with Gasteiger partial charge in [-0.05, 0) is 11.6 Å². The molecule has 0 heterocycles. The number of rotatable bonds is 4.